The molecule has 0 bridgehead atoms. The fourth-order valence-electron chi connectivity index (χ4n) is 1.90. The van der Waals surface area contributed by atoms with Crippen LogP contribution < -0.4 is 5.73 Å². The number of hydrogen-bond acceptors (Lipinski definition) is 3. The number of amides is 1. The molecule has 0 aromatic rings. The SMILES string of the molecule is CC(N)CC(=O)N1C[C@@H](C)[C@H](C(=O)O)C1. The topological polar surface area (TPSA) is 83.6 Å². The summed E-state index contributed by atoms with van der Waals surface area (Å²) in [5, 5.41) is 8.90. The van der Waals surface area contributed by atoms with Crippen LogP contribution in [0.25, 0.3) is 0 Å². The van der Waals surface area contributed by atoms with E-state index in [0.717, 1.165) is 0 Å². The van der Waals surface area contributed by atoms with E-state index in [4.69, 9.17) is 10.8 Å². The Morgan fingerprint density at radius 2 is 2.13 bits per heavy atom. The second-order valence-electron chi connectivity index (χ2n) is 4.40. The van der Waals surface area contributed by atoms with E-state index in [0.29, 0.717) is 19.5 Å². The molecular weight excluding hydrogens is 196 g/mol. The molecule has 3 N–H and O–H groups in total. The van der Waals surface area contributed by atoms with Crippen molar-refractivity contribution in [1.82, 2.24) is 4.90 Å². The van der Waals surface area contributed by atoms with Gasteiger partial charge in [-0.1, -0.05) is 6.92 Å². The monoisotopic (exact) mass is 214 g/mol. The van der Waals surface area contributed by atoms with Gasteiger partial charge in [0.1, 0.15) is 0 Å². The van der Waals surface area contributed by atoms with Crippen molar-refractivity contribution in [2.75, 3.05) is 13.1 Å². The van der Waals surface area contributed by atoms with Crippen LogP contribution >= 0.6 is 0 Å². The summed E-state index contributed by atoms with van der Waals surface area (Å²) in [6.45, 7) is 4.48. The van der Waals surface area contributed by atoms with Crippen LogP contribution in [0, 0.1) is 11.8 Å². The summed E-state index contributed by atoms with van der Waals surface area (Å²) in [7, 11) is 0. The first kappa shape index (κ1) is 12.0. The summed E-state index contributed by atoms with van der Waals surface area (Å²) in [5.41, 5.74) is 5.53. The molecule has 1 heterocycles. The predicted molar refractivity (Wildman–Crippen MR) is 55.1 cm³/mol. The number of hydrogen-bond donors (Lipinski definition) is 2. The van der Waals surface area contributed by atoms with Gasteiger partial charge in [0.25, 0.3) is 0 Å². The van der Waals surface area contributed by atoms with Crippen molar-refractivity contribution in [2.24, 2.45) is 17.6 Å². The third-order valence-electron chi connectivity index (χ3n) is 2.78. The molecule has 15 heavy (non-hydrogen) atoms. The first-order valence-corrected chi connectivity index (χ1v) is 5.18. The van der Waals surface area contributed by atoms with Gasteiger partial charge < -0.3 is 15.7 Å². The Labute approximate surface area is 89.2 Å². The number of rotatable bonds is 3. The van der Waals surface area contributed by atoms with Gasteiger partial charge in [0.2, 0.25) is 5.91 Å². The lowest BCUT2D eigenvalue weighted by molar-refractivity contribution is -0.142. The molecule has 86 valence electrons. The number of nitrogens with two attached hydrogens (primary N) is 1. The van der Waals surface area contributed by atoms with E-state index in [1.54, 1.807) is 11.8 Å². The van der Waals surface area contributed by atoms with Crippen LogP contribution in [0.5, 0.6) is 0 Å². The van der Waals surface area contributed by atoms with Crippen LogP contribution in [-0.2, 0) is 9.59 Å². The standard InChI is InChI=1S/C10H18N2O3/c1-6-4-12(5-8(6)10(14)15)9(13)3-7(2)11/h6-8H,3-5,11H2,1-2H3,(H,14,15)/t6-,7?,8-/m1/s1. The lowest BCUT2D eigenvalue weighted by Gasteiger charge is -2.16. The summed E-state index contributed by atoms with van der Waals surface area (Å²) < 4.78 is 0. The zero-order valence-electron chi connectivity index (χ0n) is 9.14. The molecular formula is C10H18N2O3. The molecule has 5 nitrogen and oxygen atoms in total. The third-order valence-corrected chi connectivity index (χ3v) is 2.78. The van der Waals surface area contributed by atoms with Gasteiger partial charge in [0.05, 0.1) is 5.92 Å². The number of aliphatic carboxylic acids is 1. The van der Waals surface area contributed by atoms with Gasteiger partial charge in [-0.25, -0.2) is 0 Å². The van der Waals surface area contributed by atoms with E-state index < -0.39 is 11.9 Å². The Hall–Kier alpha value is -1.10. The normalized spacial score (nSPS) is 27.8. The Kier molecular flexibility index (Phi) is 3.68. The molecule has 5 heteroatoms. The molecule has 0 spiro atoms. The van der Waals surface area contributed by atoms with Crippen molar-refractivity contribution in [3.63, 3.8) is 0 Å². The first-order chi connectivity index (χ1) is 6.91. The largest absolute Gasteiger partial charge is 0.481 e. The molecule has 1 rings (SSSR count). The molecule has 0 aliphatic carbocycles. The molecule has 0 aromatic heterocycles. The third kappa shape index (κ3) is 2.92. The maximum atomic E-state index is 11.6. The molecule has 0 radical (unpaired) electrons. The van der Waals surface area contributed by atoms with Crippen LogP contribution in [0.2, 0.25) is 0 Å². The van der Waals surface area contributed by atoms with Gasteiger partial charge in [-0.15, -0.1) is 0 Å². The summed E-state index contributed by atoms with van der Waals surface area (Å²) >= 11 is 0. The van der Waals surface area contributed by atoms with Crippen molar-refractivity contribution in [1.29, 1.82) is 0 Å². The lowest BCUT2D eigenvalue weighted by atomic mass is 9.99. The van der Waals surface area contributed by atoms with Crippen molar-refractivity contribution in [3.8, 4) is 0 Å². The maximum Gasteiger partial charge on any atom is 0.308 e. The van der Waals surface area contributed by atoms with E-state index in [-0.39, 0.29) is 17.9 Å². The highest BCUT2D eigenvalue weighted by atomic mass is 16.4. The average Bonchev–Trinajstić information content (AvgIpc) is 2.46. The zero-order valence-corrected chi connectivity index (χ0v) is 9.14. The van der Waals surface area contributed by atoms with Crippen LogP contribution in [0.1, 0.15) is 20.3 Å². The number of likely N-dealkylation sites (tertiary alicyclic amines) is 1. The van der Waals surface area contributed by atoms with E-state index in [1.165, 1.54) is 0 Å². The summed E-state index contributed by atoms with van der Waals surface area (Å²) in [6, 6.07) is -0.170. The summed E-state index contributed by atoms with van der Waals surface area (Å²) in [4.78, 5) is 24.1. The Bertz CT molecular complexity index is 265. The van der Waals surface area contributed by atoms with Gasteiger partial charge in [0.15, 0.2) is 0 Å². The van der Waals surface area contributed by atoms with Crippen LogP contribution in [0.3, 0.4) is 0 Å². The van der Waals surface area contributed by atoms with Crippen LogP contribution in [0.15, 0.2) is 0 Å². The van der Waals surface area contributed by atoms with E-state index in [9.17, 15) is 9.59 Å². The molecule has 3 atom stereocenters. The van der Waals surface area contributed by atoms with Gasteiger partial charge in [0, 0.05) is 25.6 Å². The first-order valence-electron chi connectivity index (χ1n) is 5.18. The minimum Gasteiger partial charge on any atom is -0.481 e. The van der Waals surface area contributed by atoms with Gasteiger partial charge >= 0.3 is 5.97 Å². The van der Waals surface area contributed by atoms with Gasteiger partial charge in [-0.3, -0.25) is 9.59 Å². The zero-order chi connectivity index (χ0) is 11.6. The van der Waals surface area contributed by atoms with Gasteiger partial charge in [-0.05, 0) is 12.8 Å². The number of carbonyl (C=O) groups excluding carboxylic acids is 1. The molecule has 1 saturated heterocycles. The molecule has 0 saturated carbocycles. The van der Waals surface area contributed by atoms with Crippen molar-refractivity contribution in [2.45, 2.75) is 26.3 Å². The second kappa shape index (κ2) is 4.61. The van der Waals surface area contributed by atoms with Crippen LogP contribution in [0.4, 0.5) is 0 Å². The summed E-state index contributed by atoms with van der Waals surface area (Å²) in [6.07, 6.45) is 0.291. The quantitative estimate of drug-likeness (QED) is 0.687. The molecule has 1 amide bonds. The fourth-order valence-corrected chi connectivity index (χ4v) is 1.90. The average molecular weight is 214 g/mol. The Morgan fingerprint density at radius 1 is 1.53 bits per heavy atom. The van der Waals surface area contributed by atoms with Crippen molar-refractivity contribution < 1.29 is 14.7 Å². The Morgan fingerprint density at radius 3 is 2.53 bits per heavy atom. The highest BCUT2D eigenvalue weighted by Crippen LogP contribution is 2.23. The highest BCUT2D eigenvalue weighted by molar-refractivity contribution is 5.79. The van der Waals surface area contributed by atoms with Crippen molar-refractivity contribution >= 4 is 11.9 Å². The van der Waals surface area contributed by atoms with Crippen molar-refractivity contribution in [3.05, 3.63) is 0 Å². The second-order valence-corrected chi connectivity index (χ2v) is 4.40. The lowest BCUT2D eigenvalue weighted by Crippen LogP contribution is -2.33. The molecule has 0 aromatic carbocycles. The fraction of sp³-hybridized carbons (Fsp3) is 0.800. The highest BCUT2D eigenvalue weighted by Gasteiger charge is 2.36. The summed E-state index contributed by atoms with van der Waals surface area (Å²) in [5.74, 6) is -1.26. The number of carboxylic acids is 1. The van der Waals surface area contributed by atoms with Crippen LogP contribution in [-0.4, -0.2) is 41.0 Å². The number of carbonyl (C=O) groups is 2. The van der Waals surface area contributed by atoms with Gasteiger partial charge in [-0.2, -0.15) is 0 Å². The predicted octanol–water partition coefficient (Wildman–Crippen LogP) is -0.0972. The van der Waals surface area contributed by atoms with E-state index in [1.807, 2.05) is 6.92 Å². The molecule has 1 fully saturated rings. The molecule has 1 aliphatic rings. The minimum absolute atomic E-state index is 0.0273. The number of nitrogens with zero attached hydrogens (tertiary/aromatic N) is 1. The van der Waals surface area contributed by atoms with E-state index >= 15 is 0 Å². The number of carboxylic acid groups (broad SMARTS) is 1. The Balaban J connectivity index is 2.54. The molecule has 1 aliphatic heterocycles. The minimum atomic E-state index is -0.821. The smallest absolute Gasteiger partial charge is 0.308 e. The molecule has 1 unspecified atom stereocenters. The van der Waals surface area contributed by atoms with E-state index in [2.05, 4.69) is 0 Å². The maximum absolute atomic E-state index is 11.6.